The molecule has 0 unspecified atom stereocenters. The highest BCUT2D eigenvalue weighted by molar-refractivity contribution is 7.98. The van der Waals surface area contributed by atoms with E-state index in [9.17, 15) is 9.59 Å². The standard InChI is InChI=1S/C16H16N4O2S2/c1-20-14(21)8-7-12(19-20)15(22)18-16-17-13(9-24-16)10-3-5-11(23-2)6-4-10/h3-6,9H,7-8H2,1-2H3,(H,17,18,22). The molecule has 0 saturated carbocycles. The lowest BCUT2D eigenvalue weighted by Crippen LogP contribution is -2.34. The minimum Gasteiger partial charge on any atom is -0.297 e. The molecule has 0 atom stereocenters. The Hall–Kier alpha value is -2.19. The summed E-state index contributed by atoms with van der Waals surface area (Å²) >= 11 is 3.05. The number of hydrogen-bond acceptors (Lipinski definition) is 6. The Bertz CT molecular complexity index is 799. The van der Waals surface area contributed by atoms with E-state index < -0.39 is 0 Å². The van der Waals surface area contributed by atoms with Crippen molar-refractivity contribution in [1.82, 2.24) is 9.99 Å². The summed E-state index contributed by atoms with van der Waals surface area (Å²) in [6.07, 6.45) is 2.68. The first kappa shape index (κ1) is 16.7. The molecule has 0 aliphatic carbocycles. The molecule has 124 valence electrons. The SMILES string of the molecule is CSc1ccc(-c2csc(NC(=O)C3=NN(C)C(=O)CC3)n2)cc1. The van der Waals surface area contributed by atoms with Crippen molar-refractivity contribution in [3.05, 3.63) is 29.6 Å². The fourth-order valence-electron chi connectivity index (χ4n) is 2.23. The Balaban J connectivity index is 1.70. The number of amides is 2. The first-order chi connectivity index (χ1) is 11.6. The minimum absolute atomic E-state index is 0.0863. The van der Waals surface area contributed by atoms with Crippen LogP contribution in [0.3, 0.4) is 0 Å². The van der Waals surface area contributed by atoms with Gasteiger partial charge in [0.05, 0.1) is 5.69 Å². The Morgan fingerprint density at radius 3 is 2.71 bits per heavy atom. The minimum atomic E-state index is -0.312. The van der Waals surface area contributed by atoms with Crippen molar-refractivity contribution in [3.63, 3.8) is 0 Å². The Labute approximate surface area is 148 Å². The monoisotopic (exact) mass is 360 g/mol. The van der Waals surface area contributed by atoms with Gasteiger partial charge in [0.15, 0.2) is 5.13 Å². The number of nitrogens with zero attached hydrogens (tertiary/aromatic N) is 3. The number of hydrazone groups is 1. The topological polar surface area (TPSA) is 74.7 Å². The van der Waals surface area contributed by atoms with Crippen LogP contribution in [-0.2, 0) is 9.59 Å². The van der Waals surface area contributed by atoms with Gasteiger partial charge in [-0.3, -0.25) is 14.9 Å². The molecule has 0 saturated heterocycles. The van der Waals surface area contributed by atoms with E-state index >= 15 is 0 Å². The number of aromatic nitrogens is 1. The molecule has 0 fully saturated rings. The summed E-state index contributed by atoms with van der Waals surface area (Å²) in [7, 11) is 1.55. The molecular formula is C16H16N4O2S2. The van der Waals surface area contributed by atoms with E-state index in [0.29, 0.717) is 23.7 Å². The summed E-state index contributed by atoms with van der Waals surface area (Å²) in [6, 6.07) is 8.11. The second-order valence-corrected chi connectivity index (χ2v) is 6.92. The summed E-state index contributed by atoms with van der Waals surface area (Å²) < 4.78 is 0. The zero-order valence-corrected chi connectivity index (χ0v) is 14.9. The molecule has 1 aromatic carbocycles. The molecule has 0 radical (unpaired) electrons. The molecule has 24 heavy (non-hydrogen) atoms. The normalized spacial score (nSPS) is 14.5. The van der Waals surface area contributed by atoms with Crippen molar-refractivity contribution in [3.8, 4) is 11.3 Å². The molecule has 0 bridgehead atoms. The average Bonchev–Trinajstić information content (AvgIpc) is 3.06. The van der Waals surface area contributed by atoms with Gasteiger partial charge in [0, 0.05) is 35.7 Å². The third-order valence-corrected chi connectivity index (χ3v) is 5.08. The van der Waals surface area contributed by atoms with E-state index in [1.165, 1.54) is 21.2 Å². The number of anilines is 1. The molecule has 2 amide bonds. The van der Waals surface area contributed by atoms with Gasteiger partial charge < -0.3 is 0 Å². The van der Waals surface area contributed by atoms with Gasteiger partial charge >= 0.3 is 0 Å². The van der Waals surface area contributed by atoms with Crippen LogP contribution in [0.25, 0.3) is 11.3 Å². The summed E-state index contributed by atoms with van der Waals surface area (Å²) in [5.41, 5.74) is 2.17. The van der Waals surface area contributed by atoms with Gasteiger partial charge in [-0.2, -0.15) is 5.10 Å². The van der Waals surface area contributed by atoms with Crippen LogP contribution in [-0.4, -0.2) is 40.8 Å². The maximum absolute atomic E-state index is 12.2. The Morgan fingerprint density at radius 2 is 2.04 bits per heavy atom. The lowest BCUT2D eigenvalue weighted by atomic mass is 10.1. The number of thioether (sulfide) groups is 1. The lowest BCUT2D eigenvalue weighted by Gasteiger charge is -2.18. The summed E-state index contributed by atoms with van der Waals surface area (Å²) in [6.45, 7) is 0. The van der Waals surface area contributed by atoms with Crippen LogP contribution >= 0.6 is 23.1 Å². The predicted molar refractivity (Wildman–Crippen MR) is 97.4 cm³/mol. The number of rotatable bonds is 4. The number of nitrogens with one attached hydrogen (secondary N) is 1. The molecule has 1 N–H and O–H groups in total. The molecule has 8 heteroatoms. The molecule has 2 aromatic rings. The van der Waals surface area contributed by atoms with Crippen molar-refractivity contribution in [1.29, 1.82) is 0 Å². The van der Waals surface area contributed by atoms with Crippen LogP contribution in [0.15, 0.2) is 39.6 Å². The molecule has 1 aliphatic heterocycles. The van der Waals surface area contributed by atoms with Gasteiger partial charge in [-0.15, -0.1) is 23.1 Å². The summed E-state index contributed by atoms with van der Waals surface area (Å²) in [5.74, 6) is -0.398. The van der Waals surface area contributed by atoms with Gasteiger partial charge in [0.2, 0.25) is 5.91 Å². The highest BCUT2D eigenvalue weighted by Gasteiger charge is 2.22. The maximum Gasteiger partial charge on any atom is 0.273 e. The van der Waals surface area contributed by atoms with E-state index in [2.05, 4.69) is 15.4 Å². The van der Waals surface area contributed by atoms with Crippen molar-refractivity contribution in [2.75, 3.05) is 18.6 Å². The second kappa shape index (κ2) is 7.14. The van der Waals surface area contributed by atoms with Gasteiger partial charge in [-0.25, -0.2) is 9.99 Å². The first-order valence-corrected chi connectivity index (χ1v) is 9.42. The van der Waals surface area contributed by atoms with Gasteiger partial charge in [0.25, 0.3) is 5.91 Å². The molecule has 3 rings (SSSR count). The highest BCUT2D eigenvalue weighted by atomic mass is 32.2. The van der Waals surface area contributed by atoms with Crippen LogP contribution < -0.4 is 5.32 Å². The van der Waals surface area contributed by atoms with E-state index in [4.69, 9.17) is 0 Å². The number of hydrogen-bond donors (Lipinski definition) is 1. The van der Waals surface area contributed by atoms with Crippen LogP contribution in [0.2, 0.25) is 0 Å². The lowest BCUT2D eigenvalue weighted by molar-refractivity contribution is -0.130. The largest absolute Gasteiger partial charge is 0.297 e. The number of thiazole rings is 1. The molecule has 2 heterocycles. The summed E-state index contributed by atoms with van der Waals surface area (Å²) in [5, 5.41) is 10.4. The van der Waals surface area contributed by atoms with Crippen molar-refractivity contribution >= 4 is 45.8 Å². The predicted octanol–water partition coefficient (Wildman–Crippen LogP) is 3.08. The first-order valence-electron chi connectivity index (χ1n) is 7.32. The third kappa shape index (κ3) is 3.65. The second-order valence-electron chi connectivity index (χ2n) is 5.18. The number of carbonyl (C=O) groups excluding carboxylic acids is 2. The smallest absolute Gasteiger partial charge is 0.273 e. The quantitative estimate of drug-likeness (QED) is 0.850. The average molecular weight is 360 g/mol. The van der Waals surface area contributed by atoms with E-state index in [0.717, 1.165) is 11.3 Å². The molecule has 6 nitrogen and oxygen atoms in total. The van der Waals surface area contributed by atoms with Crippen molar-refractivity contribution in [2.24, 2.45) is 5.10 Å². The number of carbonyl (C=O) groups is 2. The third-order valence-electron chi connectivity index (χ3n) is 3.58. The van der Waals surface area contributed by atoms with E-state index in [-0.39, 0.29) is 11.8 Å². The Morgan fingerprint density at radius 1 is 1.29 bits per heavy atom. The van der Waals surface area contributed by atoms with Gasteiger partial charge in [0.1, 0.15) is 5.71 Å². The maximum atomic E-state index is 12.2. The molecule has 0 spiro atoms. The van der Waals surface area contributed by atoms with Crippen LogP contribution in [0.5, 0.6) is 0 Å². The fraction of sp³-hybridized carbons (Fsp3) is 0.250. The molecular weight excluding hydrogens is 344 g/mol. The molecule has 1 aliphatic rings. The van der Waals surface area contributed by atoms with Gasteiger partial charge in [-0.1, -0.05) is 12.1 Å². The summed E-state index contributed by atoms with van der Waals surface area (Å²) in [4.78, 5) is 29.3. The van der Waals surface area contributed by atoms with Crippen LogP contribution in [0, 0.1) is 0 Å². The van der Waals surface area contributed by atoms with Gasteiger partial charge in [-0.05, 0) is 18.4 Å². The van der Waals surface area contributed by atoms with Crippen LogP contribution in [0.4, 0.5) is 5.13 Å². The van der Waals surface area contributed by atoms with Crippen molar-refractivity contribution < 1.29 is 9.59 Å². The van der Waals surface area contributed by atoms with E-state index in [1.807, 2.05) is 35.9 Å². The van der Waals surface area contributed by atoms with Crippen LogP contribution in [0.1, 0.15) is 12.8 Å². The number of benzene rings is 1. The fourth-order valence-corrected chi connectivity index (χ4v) is 3.35. The zero-order chi connectivity index (χ0) is 17.1. The molecule has 1 aromatic heterocycles. The zero-order valence-electron chi connectivity index (χ0n) is 13.3. The highest BCUT2D eigenvalue weighted by Crippen LogP contribution is 2.26. The van der Waals surface area contributed by atoms with Crippen molar-refractivity contribution in [2.45, 2.75) is 17.7 Å². The van der Waals surface area contributed by atoms with E-state index in [1.54, 1.807) is 18.8 Å². The Kier molecular flexibility index (Phi) is 4.96.